The van der Waals surface area contributed by atoms with E-state index in [9.17, 15) is 15.0 Å². The van der Waals surface area contributed by atoms with Gasteiger partial charge in [0.25, 0.3) is 0 Å². The fourth-order valence-electron chi connectivity index (χ4n) is 2.75. The predicted molar refractivity (Wildman–Crippen MR) is 104 cm³/mol. The van der Waals surface area contributed by atoms with E-state index in [2.05, 4.69) is 0 Å². The maximum absolute atomic E-state index is 13.3. The van der Waals surface area contributed by atoms with Gasteiger partial charge in [-0.05, 0) is 52.0 Å². The van der Waals surface area contributed by atoms with Crippen molar-refractivity contribution in [1.82, 2.24) is 0 Å². The third-order valence-corrected chi connectivity index (χ3v) is 3.83. The normalized spacial score (nSPS) is 10.4. The molecule has 0 bridgehead atoms. The van der Waals surface area contributed by atoms with Gasteiger partial charge in [-0.15, -0.1) is 0 Å². The minimum Gasteiger partial charge on any atom is -0.504 e. The van der Waals surface area contributed by atoms with Crippen LogP contribution < -0.4 is 18.9 Å². The first-order valence-electron chi connectivity index (χ1n) is 9.27. The van der Waals surface area contributed by atoms with Gasteiger partial charge in [-0.3, -0.25) is 4.79 Å². The van der Waals surface area contributed by atoms with Crippen LogP contribution in [0.2, 0.25) is 0 Å². The first-order chi connectivity index (χ1) is 13.5. The molecular formula is C21H26O7. The number of carbonyl (C=O) groups excluding carboxylic acids is 1. The summed E-state index contributed by atoms with van der Waals surface area (Å²) in [7, 11) is 0. The van der Waals surface area contributed by atoms with Crippen LogP contribution in [0.1, 0.15) is 43.6 Å². The molecule has 2 rings (SSSR count). The Morgan fingerprint density at radius 1 is 0.643 bits per heavy atom. The molecular weight excluding hydrogens is 364 g/mol. The lowest BCUT2D eigenvalue weighted by molar-refractivity contribution is 0.102. The second-order valence-corrected chi connectivity index (χ2v) is 5.64. The Labute approximate surface area is 164 Å². The summed E-state index contributed by atoms with van der Waals surface area (Å²) in [4.78, 5) is 13.3. The van der Waals surface area contributed by atoms with E-state index in [1.165, 1.54) is 24.3 Å². The molecule has 0 aliphatic rings. The number of hydrogen-bond donors (Lipinski definition) is 2. The van der Waals surface area contributed by atoms with Crippen LogP contribution in [-0.2, 0) is 0 Å². The molecule has 0 aromatic heterocycles. The second kappa shape index (κ2) is 9.73. The molecule has 2 aromatic rings. The topological polar surface area (TPSA) is 94.5 Å². The smallest absolute Gasteiger partial charge is 0.204 e. The summed E-state index contributed by atoms with van der Waals surface area (Å²) < 4.78 is 22.2. The number of aromatic hydroxyl groups is 2. The summed E-state index contributed by atoms with van der Waals surface area (Å²) in [5.41, 5.74) is 0.411. The highest BCUT2D eigenvalue weighted by atomic mass is 16.5. The molecule has 0 saturated heterocycles. The highest BCUT2D eigenvalue weighted by molar-refractivity contribution is 6.13. The molecule has 7 nitrogen and oxygen atoms in total. The Hall–Kier alpha value is -3.09. The molecule has 0 radical (unpaired) electrons. The molecule has 0 aliphatic carbocycles. The first kappa shape index (κ1) is 21.2. The summed E-state index contributed by atoms with van der Waals surface area (Å²) in [5, 5.41) is 20.2. The van der Waals surface area contributed by atoms with Crippen molar-refractivity contribution in [3.63, 3.8) is 0 Å². The van der Waals surface area contributed by atoms with Gasteiger partial charge in [-0.2, -0.15) is 0 Å². The number of benzene rings is 2. The number of carbonyl (C=O) groups is 1. The minimum atomic E-state index is -0.409. The summed E-state index contributed by atoms with van der Waals surface area (Å²) in [6.45, 7) is 8.23. The van der Waals surface area contributed by atoms with Crippen LogP contribution in [0.4, 0.5) is 0 Å². The van der Waals surface area contributed by atoms with E-state index in [1.807, 2.05) is 0 Å². The standard InChI is InChI=1S/C21H26O7/c1-5-25-18-13(9-11-15(22)20(18)27-7-3)17(24)14-10-12-16(23)21(28-8-4)19(14)26-6-2/h9-12,22-23H,5-8H2,1-4H3. The van der Waals surface area contributed by atoms with Gasteiger partial charge in [0.15, 0.2) is 23.0 Å². The van der Waals surface area contributed by atoms with Crippen LogP contribution in [0.5, 0.6) is 34.5 Å². The lowest BCUT2D eigenvalue weighted by atomic mass is 10.00. The van der Waals surface area contributed by atoms with Crippen LogP contribution in [0.3, 0.4) is 0 Å². The maximum atomic E-state index is 13.3. The largest absolute Gasteiger partial charge is 0.504 e. The van der Waals surface area contributed by atoms with Crippen molar-refractivity contribution >= 4 is 5.78 Å². The van der Waals surface area contributed by atoms with Crippen molar-refractivity contribution in [3.05, 3.63) is 35.4 Å². The molecule has 0 atom stereocenters. The zero-order valence-corrected chi connectivity index (χ0v) is 16.6. The zero-order valence-electron chi connectivity index (χ0n) is 16.6. The van der Waals surface area contributed by atoms with E-state index < -0.39 is 5.78 Å². The molecule has 0 spiro atoms. The van der Waals surface area contributed by atoms with Crippen molar-refractivity contribution in [2.45, 2.75) is 27.7 Å². The molecule has 2 aromatic carbocycles. The molecule has 28 heavy (non-hydrogen) atoms. The third kappa shape index (κ3) is 4.24. The Morgan fingerprint density at radius 2 is 0.964 bits per heavy atom. The van der Waals surface area contributed by atoms with Gasteiger partial charge < -0.3 is 29.2 Å². The Morgan fingerprint density at radius 3 is 1.29 bits per heavy atom. The SMILES string of the molecule is CCOc1c(O)ccc(C(=O)c2ccc(O)c(OCC)c2OCC)c1OCC. The van der Waals surface area contributed by atoms with Crippen molar-refractivity contribution in [1.29, 1.82) is 0 Å². The van der Waals surface area contributed by atoms with E-state index in [4.69, 9.17) is 18.9 Å². The lowest BCUT2D eigenvalue weighted by Crippen LogP contribution is -2.10. The average Bonchev–Trinajstić information content (AvgIpc) is 2.67. The van der Waals surface area contributed by atoms with Crippen molar-refractivity contribution in [2.24, 2.45) is 0 Å². The maximum Gasteiger partial charge on any atom is 0.204 e. The lowest BCUT2D eigenvalue weighted by Gasteiger charge is -2.18. The van der Waals surface area contributed by atoms with Crippen molar-refractivity contribution in [3.8, 4) is 34.5 Å². The van der Waals surface area contributed by atoms with Gasteiger partial charge in [-0.25, -0.2) is 0 Å². The van der Waals surface area contributed by atoms with Crippen LogP contribution in [-0.4, -0.2) is 42.4 Å². The number of rotatable bonds is 10. The molecule has 0 amide bonds. The molecule has 0 aliphatic heterocycles. The molecule has 0 unspecified atom stereocenters. The van der Waals surface area contributed by atoms with Gasteiger partial charge >= 0.3 is 0 Å². The van der Waals surface area contributed by atoms with Gasteiger partial charge in [0.2, 0.25) is 17.3 Å². The number of ketones is 1. The number of phenols is 2. The monoisotopic (exact) mass is 390 g/mol. The first-order valence-corrected chi connectivity index (χ1v) is 9.27. The zero-order chi connectivity index (χ0) is 20.7. The molecule has 7 heteroatoms. The molecule has 0 heterocycles. The molecule has 0 saturated carbocycles. The minimum absolute atomic E-state index is 0.108. The van der Waals surface area contributed by atoms with Gasteiger partial charge in [0.05, 0.1) is 37.6 Å². The predicted octanol–water partition coefficient (Wildman–Crippen LogP) is 3.92. The fourth-order valence-corrected chi connectivity index (χ4v) is 2.75. The second-order valence-electron chi connectivity index (χ2n) is 5.64. The van der Waals surface area contributed by atoms with Crippen LogP contribution >= 0.6 is 0 Å². The Bertz CT molecular complexity index is 762. The average molecular weight is 390 g/mol. The number of phenolic OH excluding ortho intramolecular Hbond substituents is 2. The van der Waals surface area contributed by atoms with E-state index in [0.717, 1.165) is 0 Å². The Balaban J connectivity index is 2.66. The van der Waals surface area contributed by atoms with E-state index >= 15 is 0 Å². The molecule has 2 N–H and O–H groups in total. The highest BCUT2D eigenvalue weighted by Crippen LogP contribution is 2.44. The van der Waals surface area contributed by atoms with Crippen molar-refractivity contribution < 1.29 is 34.0 Å². The van der Waals surface area contributed by atoms with Crippen LogP contribution in [0.15, 0.2) is 24.3 Å². The third-order valence-electron chi connectivity index (χ3n) is 3.83. The quantitative estimate of drug-likeness (QED) is 0.594. The summed E-state index contributed by atoms with van der Waals surface area (Å²) in [5.74, 6) is -0.117. The Kier molecular flexibility index (Phi) is 7.37. The molecule has 152 valence electrons. The fraction of sp³-hybridized carbons (Fsp3) is 0.381. The van der Waals surface area contributed by atoms with Gasteiger partial charge in [-0.1, -0.05) is 0 Å². The molecule has 0 fully saturated rings. The number of ether oxygens (including phenoxy) is 4. The summed E-state index contributed by atoms with van der Waals surface area (Å²) in [6.07, 6.45) is 0. The van der Waals surface area contributed by atoms with Crippen LogP contribution in [0, 0.1) is 0 Å². The summed E-state index contributed by atoms with van der Waals surface area (Å²) >= 11 is 0. The van der Waals surface area contributed by atoms with E-state index in [0.29, 0.717) is 13.2 Å². The number of hydrogen-bond acceptors (Lipinski definition) is 7. The van der Waals surface area contributed by atoms with Crippen LogP contribution in [0.25, 0.3) is 0 Å². The summed E-state index contributed by atoms with van der Waals surface area (Å²) in [6, 6.07) is 5.69. The van der Waals surface area contributed by atoms with Crippen molar-refractivity contribution in [2.75, 3.05) is 26.4 Å². The van der Waals surface area contributed by atoms with E-state index in [-0.39, 0.29) is 58.8 Å². The van der Waals surface area contributed by atoms with Gasteiger partial charge in [0.1, 0.15) is 0 Å². The van der Waals surface area contributed by atoms with Gasteiger partial charge in [0, 0.05) is 0 Å². The van der Waals surface area contributed by atoms with E-state index in [1.54, 1.807) is 27.7 Å². The highest BCUT2D eigenvalue weighted by Gasteiger charge is 2.27.